The van der Waals surface area contributed by atoms with Gasteiger partial charge in [0.1, 0.15) is 0 Å². The van der Waals surface area contributed by atoms with E-state index < -0.39 is 0 Å². The van der Waals surface area contributed by atoms with Gasteiger partial charge in [0.05, 0.1) is 0 Å². The molecule has 0 spiro atoms. The minimum absolute atomic E-state index is 0.819. The first-order valence-electron chi connectivity index (χ1n) is 3.25. The quantitative estimate of drug-likeness (QED) is 0.539. The standard InChI is InChI=1S/C6H14N2/c1-3-8(2)6-4-7-5-6/h6-7H,3-5H2,1-2H3. The van der Waals surface area contributed by atoms with Gasteiger partial charge in [0, 0.05) is 19.1 Å². The molecule has 0 atom stereocenters. The minimum Gasteiger partial charge on any atom is -0.314 e. The molecule has 0 unspecified atom stereocenters. The third kappa shape index (κ3) is 1.01. The molecular weight excluding hydrogens is 100 g/mol. The van der Waals surface area contributed by atoms with E-state index in [2.05, 4.69) is 24.2 Å². The lowest BCUT2D eigenvalue weighted by Gasteiger charge is -2.34. The van der Waals surface area contributed by atoms with Crippen LogP contribution in [0, 0.1) is 0 Å². The molecule has 48 valence electrons. The summed E-state index contributed by atoms with van der Waals surface area (Å²) in [6.07, 6.45) is 0. The van der Waals surface area contributed by atoms with Gasteiger partial charge >= 0.3 is 0 Å². The van der Waals surface area contributed by atoms with Crippen LogP contribution >= 0.6 is 0 Å². The number of nitrogens with zero attached hydrogens (tertiary/aromatic N) is 1. The van der Waals surface area contributed by atoms with E-state index in [1.54, 1.807) is 0 Å². The third-order valence-electron chi connectivity index (χ3n) is 1.88. The molecule has 1 N–H and O–H groups in total. The highest BCUT2D eigenvalue weighted by molar-refractivity contribution is 4.81. The molecule has 1 rings (SSSR count). The highest BCUT2D eigenvalue weighted by Gasteiger charge is 2.19. The maximum atomic E-state index is 3.23. The fraction of sp³-hybridized carbons (Fsp3) is 1.00. The predicted octanol–water partition coefficient (Wildman–Crippen LogP) is -0.0901. The topological polar surface area (TPSA) is 15.3 Å². The van der Waals surface area contributed by atoms with E-state index in [0.717, 1.165) is 6.04 Å². The van der Waals surface area contributed by atoms with Gasteiger partial charge in [-0.25, -0.2) is 0 Å². The Morgan fingerprint density at radius 2 is 2.25 bits per heavy atom. The fourth-order valence-electron chi connectivity index (χ4n) is 0.843. The molecule has 8 heavy (non-hydrogen) atoms. The summed E-state index contributed by atoms with van der Waals surface area (Å²) in [5.41, 5.74) is 0. The van der Waals surface area contributed by atoms with Crippen LogP contribution in [0.1, 0.15) is 6.92 Å². The number of hydrogen-bond acceptors (Lipinski definition) is 2. The van der Waals surface area contributed by atoms with E-state index in [-0.39, 0.29) is 0 Å². The van der Waals surface area contributed by atoms with Crippen molar-refractivity contribution in [3.8, 4) is 0 Å². The highest BCUT2D eigenvalue weighted by Crippen LogP contribution is 1.99. The summed E-state index contributed by atoms with van der Waals surface area (Å²) < 4.78 is 0. The van der Waals surface area contributed by atoms with Crippen molar-refractivity contribution in [3.05, 3.63) is 0 Å². The van der Waals surface area contributed by atoms with Crippen molar-refractivity contribution in [1.29, 1.82) is 0 Å². The van der Waals surface area contributed by atoms with Crippen molar-refractivity contribution in [3.63, 3.8) is 0 Å². The monoisotopic (exact) mass is 114 g/mol. The summed E-state index contributed by atoms with van der Waals surface area (Å²) >= 11 is 0. The highest BCUT2D eigenvalue weighted by atomic mass is 15.2. The zero-order valence-electron chi connectivity index (χ0n) is 5.65. The summed E-state index contributed by atoms with van der Waals surface area (Å²) in [5.74, 6) is 0. The Bertz CT molecular complexity index is 66.2. The molecule has 1 fully saturated rings. The average molecular weight is 114 g/mol. The fourth-order valence-corrected chi connectivity index (χ4v) is 0.843. The molecule has 0 aliphatic carbocycles. The molecule has 0 bridgehead atoms. The third-order valence-corrected chi connectivity index (χ3v) is 1.88. The number of nitrogens with one attached hydrogen (secondary N) is 1. The Morgan fingerprint density at radius 3 is 2.38 bits per heavy atom. The van der Waals surface area contributed by atoms with Gasteiger partial charge in [-0.1, -0.05) is 6.92 Å². The van der Waals surface area contributed by atoms with E-state index in [1.807, 2.05) is 0 Å². The first kappa shape index (κ1) is 6.05. The Labute approximate surface area is 50.9 Å². The number of rotatable bonds is 2. The Morgan fingerprint density at radius 1 is 1.62 bits per heavy atom. The van der Waals surface area contributed by atoms with Crippen molar-refractivity contribution < 1.29 is 0 Å². The maximum absolute atomic E-state index is 3.23. The number of likely N-dealkylation sites (N-methyl/N-ethyl adjacent to an activating group) is 1. The first-order chi connectivity index (χ1) is 3.84. The van der Waals surface area contributed by atoms with Crippen molar-refractivity contribution in [2.45, 2.75) is 13.0 Å². The van der Waals surface area contributed by atoms with Crippen LogP contribution in [-0.2, 0) is 0 Å². The van der Waals surface area contributed by atoms with Crippen LogP contribution in [0.5, 0.6) is 0 Å². The molecule has 2 heteroatoms. The first-order valence-corrected chi connectivity index (χ1v) is 3.25. The van der Waals surface area contributed by atoms with Crippen molar-refractivity contribution in [2.24, 2.45) is 0 Å². The van der Waals surface area contributed by atoms with E-state index >= 15 is 0 Å². The van der Waals surface area contributed by atoms with Crippen LogP contribution in [-0.4, -0.2) is 37.6 Å². The van der Waals surface area contributed by atoms with Crippen LogP contribution in [0.4, 0.5) is 0 Å². The molecule has 1 aliphatic heterocycles. The molecular formula is C6H14N2. The van der Waals surface area contributed by atoms with Crippen LogP contribution in [0.3, 0.4) is 0 Å². The van der Waals surface area contributed by atoms with E-state index in [4.69, 9.17) is 0 Å². The largest absolute Gasteiger partial charge is 0.314 e. The van der Waals surface area contributed by atoms with Crippen LogP contribution in [0.2, 0.25) is 0 Å². The second-order valence-electron chi connectivity index (χ2n) is 2.39. The second kappa shape index (κ2) is 2.46. The smallest absolute Gasteiger partial charge is 0.0342 e. The molecule has 1 heterocycles. The molecule has 0 aromatic carbocycles. The lowest BCUT2D eigenvalue weighted by Crippen LogP contribution is -2.55. The van der Waals surface area contributed by atoms with E-state index in [9.17, 15) is 0 Å². The Hall–Kier alpha value is -0.0800. The van der Waals surface area contributed by atoms with Gasteiger partial charge in [-0.3, -0.25) is 0 Å². The van der Waals surface area contributed by atoms with Gasteiger partial charge in [-0.2, -0.15) is 0 Å². The van der Waals surface area contributed by atoms with Crippen molar-refractivity contribution in [1.82, 2.24) is 10.2 Å². The van der Waals surface area contributed by atoms with Gasteiger partial charge in [0.2, 0.25) is 0 Å². The Balaban J connectivity index is 2.13. The molecule has 1 saturated heterocycles. The summed E-state index contributed by atoms with van der Waals surface area (Å²) in [7, 11) is 2.17. The van der Waals surface area contributed by atoms with Gasteiger partial charge in [-0.15, -0.1) is 0 Å². The molecule has 0 aromatic heterocycles. The van der Waals surface area contributed by atoms with Gasteiger partial charge in [0.25, 0.3) is 0 Å². The van der Waals surface area contributed by atoms with Gasteiger partial charge in [0.15, 0.2) is 0 Å². The number of hydrogen-bond donors (Lipinski definition) is 1. The molecule has 0 amide bonds. The van der Waals surface area contributed by atoms with E-state index in [1.165, 1.54) is 19.6 Å². The zero-order valence-corrected chi connectivity index (χ0v) is 5.65. The average Bonchev–Trinajstić information content (AvgIpc) is 1.62. The minimum atomic E-state index is 0.819. The lowest BCUT2D eigenvalue weighted by molar-refractivity contribution is 0.188. The van der Waals surface area contributed by atoms with Gasteiger partial charge < -0.3 is 10.2 Å². The summed E-state index contributed by atoms with van der Waals surface area (Å²) in [6, 6.07) is 0.819. The summed E-state index contributed by atoms with van der Waals surface area (Å²) in [4.78, 5) is 2.37. The Kier molecular flexibility index (Phi) is 1.86. The molecule has 1 aliphatic rings. The summed E-state index contributed by atoms with van der Waals surface area (Å²) in [5, 5.41) is 3.23. The van der Waals surface area contributed by atoms with Crippen LogP contribution in [0.25, 0.3) is 0 Å². The van der Waals surface area contributed by atoms with Crippen LogP contribution in [0.15, 0.2) is 0 Å². The lowest BCUT2D eigenvalue weighted by atomic mass is 10.1. The molecule has 0 aromatic rings. The van der Waals surface area contributed by atoms with Crippen molar-refractivity contribution in [2.75, 3.05) is 26.7 Å². The van der Waals surface area contributed by atoms with Crippen molar-refractivity contribution >= 4 is 0 Å². The van der Waals surface area contributed by atoms with Crippen LogP contribution < -0.4 is 5.32 Å². The predicted molar refractivity (Wildman–Crippen MR) is 35.0 cm³/mol. The molecule has 0 radical (unpaired) electrons. The molecule has 2 nitrogen and oxygen atoms in total. The SMILES string of the molecule is CCN(C)C1CNC1. The summed E-state index contributed by atoms with van der Waals surface area (Å²) in [6.45, 7) is 5.74. The van der Waals surface area contributed by atoms with E-state index in [0.29, 0.717) is 0 Å². The normalized spacial score (nSPS) is 21.4. The zero-order chi connectivity index (χ0) is 5.98. The van der Waals surface area contributed by atoms with Gasteiger partial charge in [-0.05, 0) is 13.6 Å². The molecule has 0 saturated carbocycles. The maximum Gasteiger partial charge on any atom is 0.0342 e. The second-order valence-corrected chi connectivity index (χ2v) is 2.39.